The van der Waals surface area contributed by atoms with Crippen molar-refractivity contribution in [1.29, 1.82) is 0 Å². The molecular formula is C25H22N8O4. The largest absolute Gasteiger partial charge is 0.455 e. The number of benzene rings is 2. The summed E-state index contributed by atoms with van der Waals surface area (Å²) in [5.74, 6) is 1.61. The Morgan fingerprint density at radius 3 is 2.46 bits per heavy atom. The molecule has 0 radical (unpaired) electrons. The number of nitrogens with one attached hydrogen (secondary N) is 2. The van der Waals surface area contributed by atoms with Gasteiger partial charge in [-0.2, -0.15) is 10.1 Å². The molecule has 2 aromatic carbocycles. The zero-order chi connectivity index (χ0) is 26.1. The summed E-state index contributed by atoms with van der Waals surface area (Å²) in [6.07, 6.45) is 1.47. The van der Waals surface area contributed by atoms with E-state index >= 15 is 0 Å². The van der Waals surface area contributed by atoms with E-state index in [-0.39, 0.29) is 17.0 Å². The Bertz CT molecular complexity index is 1670. The molecule has 0 aliphatic heterocycles. The Morgan fingerprint density at radius 2 is 1.70 bits per heavy atom. The van der Waals surface area contributed by atoms with Gasteiger partial charge in [-0.05, 0) is 79.0 Å². The Hall–Kier alpha value is -5.13. The van der Waals surface area contributed by atoms with E-state index in [0.717, 1.165) is 22.4 Å². The lowest BCUT2D eigenvalue weighted by Crippen LogP contribution is -2.04. The molecule has 0 atom stereocenters. The SMILES string of the molecule is Cc1cccc(Nc2nc3nonc3nc2N/N=C/c2ccc(-c3cc(C)c(C)c([N+](=O)[O-])c3)o2)c1C. The number of fused-ring (bicyclic) bond motifs is 1. The summed E-state index contributed by atoms with van der Waals surface area (Å²) < 4.78 is 10.6. The average Bonchev–Trinajstić information content (AvgIpc) is 3.53. The zero-order valence-corrected chi connectivity index (χ0v) is 20.4. The average molecular weight is 499 g/mol. The number of nitro groups is 1. The number of hydrazone groups is 1. The van der Waals surface area contributed by atoms with Crippen molar-refractivity contribution in [2.75, 3.05) is 10.7 Å². The number of aromatic nitrogens is 4. The van der Waals surface area contributed by atoms with Crippen LogP contribution in [0.25, 0.3) is 22.6 Å². The predicted octanol–water partition coefficient (Wildman–Crippen LogP) is 5.60. The van der Waals surface area contributed by atoms with Crippen molar-refractivity contribution >= 4 is 40.5 Å². The number of nitro benzene ring substituents is 1. The second kappa shape index (κ2) is 9.49. The lowest BCUT2D eigenvalue weighted by atomic mass is 10.0. The van der Waals surface area contributed by atoms with Crippen molar-refractivity contribution in [3.63, 3.8) is 0 Å². The Morgan fingerprint density at radius 1 is 0.946 bits per heavy atom. The van der Waals surface area contributed by atoms with Gasteiger partial charge in [0.25, 0.3) is 5.69 Å². The fourth-order valence-corrected chi connectivity index (χ4v) is 3.72. The second-order valence-corrected chi connectivity index (χ2v) is 8.47. The van der Waals surface area contributed by atoms with E-state index < -0.39 is 4.92 Å². The van der Waals surface area contributed by atoms with Crippen LogP contribution in [0.3, 0.4) is 0 Å². The van der Waals surface area contributed by atoms with Crippen LogP contribution in [0.1, 0.15) is 28.0 Å². The van der Waals surface area contributed by atoms with E-state index in [1.54, 1.807) is 19.1 Å². The zero-order valence-electron chi connectivity index (χ0n) is 20.4. The molecule has 0 saturated carbocycles. The van der Waals surface area contributed by atoms with Gasteiger partial charge in [-0.25, -0.2) is 9.61 Å². The molecule has 12 nitrogen and oxygen atoms in total. The molecule has 5 aromatic rings. The molecule has 0 unspecified atom stereocenters. The van der Waals surface area contributed by atoms with Gasteiger partial charge in [0.2, 0.25) is 11.3 Å². The number of nitrogens with zero attached hydrogens (tertiary/aromatic N) is 6. The molecule has 0 spiro atoms. The lowest BCUT2D eigenvalue weighted by Gasteiger charge is -2.12. The highest BCUT2D eigenvalue weighted by Crippen LogP contribution is 2.31. The summed E-state index contributed by atoms with van der Waals surface area (Å²) in [4.78, 5) is 19.9. The van der Waals surface area contributed by atoms with E-state index in [4.69, 9.17) is 9.05 Å². The summed E-state index contributed by atoms with van der Waals surface area (Å²) in [5.41, 5.74) is 8.46. The third-order valence-corrected chi connectivity index (χ3v) is 6.08. The minimum atomic E-state index is -0.396. The smallest absolute Gasteiger partial charge is 0.273 e. The maximum atomic E-state index is 11.4. The molecular weight excluding hydrogens is 476 g/mol. The summed E-state index contributed by atoms with van der Waals surface area (Å²) in [5, 5.41) is 26.4. The summed E-state index contributed by atoms with van der Waals surface area (Å²) in [7, 11) is 0. The van der Waals surface area contributed by atoms with E-state index in [1.165, 1.54) is 12.3 Å². The number of aryl methyl sites for hydroxylation is 2. The minimum Gasteiger partial charge on any atom is -0.455 e. The molecule has 2 N–H and O–H groups in total. The molecule has 0 fully saturated rings. The van der Waals surface area contributed by atoms with Crippen molar-refractivity contribution in [3.8, 4) is 11.3 Å². The quantitative estimate of drug-likeness (QED) is 0.164. The highest BCUT2D eigenvalue weighted by Gasteiger charge is 2.17. The van der Waals surface area contributed by atoms with E-state index in [9.17, 15) is 10.1 Å². The van der Waals surface area contributed by atoms with Crippen LogP contribution in [-0.4, -0.2) is 31.4 Å². The van der Waals surface area contributed by atoms with Gasteiger partial charge in [0.05, 0.1) is 11.1 Å². The summed E-state index contributed by atoms with van der Waals surface area (Å²) >= 11 is 0. The first kappa shape index (κ1) is 23.6. The molecule has 37 heavy (non-hydrogen) atoms. The fraction of sp³-hybridized carbons (Fsp3) is 0.160. The maximum absolute atomic E-state index is 11.4. The van der Waals surface area contributed by atoms with Crippen LogP contribution in [0.2, 0.25) is 0 Å². The summed E-state index contributed by atoms with van der Waals surface area (Å²) in [6, 6.07) is 12.7. The van der Waals surface area contributed by atoms with Gasteiger partial charge in [-0.1, -0.05) is 12.1 Å². The van der Waals surface area contributed by atoms with Crippen LogP contribution in [-0.2, 0) is 0 Å². The Labute approximate surface area is 210 Å². The monoisotopic (exact) mass is 498 g/mol. The van der Waals surface area contributed by atoms with E-state index in [1.807, 2.05) is 45.0 Å². The van der Waals surface area contributed by atoms with Crippen LogP contribution in [0.4, 0.5) is 23.0 Å². The molecule has 0 bridgehead atoms. The number of rotatable bonds is 7. The molecule has 5 rings (SSSR count). The van der Waals surface area contributed by atoms with Gasteiger partial charge in [0.15, 0.2) is 11.6 Å². The van der Waals surface area contributed by atoms with Gasteiger partial charge in [-0.3, -0.25) is 15.5 Å². The highest BCUT2D eigenvalue weighted by molar-refractivity contribution is 5.81. The molecule has 3 aromatic heterocycles. The normalized spacial score (nSPS) is 11.4. The first-order chi connectivity index (χ1) is 17.8. The number of furan rings is 1. The fourth-order valence-electron chi connectivity index (χ4n) is 3.72. The molecule has 0 amide bonds. The molecule has 186 valence electrons. The maximum Gasteiger partial charge on any atom is 0.273 e. The van der Waals surface area contributed by atoms with Crippen molar-refractivity contribution in [2.24, 2.45) is 5.10 Å². The van der Waals surface area contributed by atoms with Gasteiger partial charge in [0.1, 0.15) is 11.5 Å². The second-order valence-electron chi connectivity index (χ2n) is 8.47. The van der Waals surface area contributed by atoms with Gasteiger partial charge in [-0.15, -0.1) is 0 Å². The lowest BCUT2D eigenvalue weighted by molar-refractivity contribution is -0.385. The molecule has 12 heteroatoms. The van der Waals surface area contributed by atoms with Gasteiger partial charge in [0, 0.05) is 22.9 Å². The van der Waals surface area contributed by atoms with Crippen LogP contribution < -0.4 is 10.7 Å². The van der Waals surface area contributed by atoms with Crippen molar-refractivity contribution in [3.05, 3.63) is 80.6 Å². The minimum absolute atomic E-state index is 0.0449. The Balaban J connectivity index is 1.40. The summed E-state index contributed by atoms with van der Waals surface area (Å²) in [6.45, 7) is 7.58. The highest BCUT2D eigenvalue weighted by atomic mass is 16.6. The number of hydrogen-bond donors (Lipinski definition) is 2. The van der Waals surface area contributed by atoms with Crippen molar-refractivity contribution < 1.29 is 14.0 Å². The van der Waals surface area contributed by atoms with Crippen molar-refractivity contribution in [2.45, 2.75) is 27.7 Å². The van der Waals surface area contributed by atoms with Crippen LogP contribution >= 0.6 is 0 Å². The van der Waals surface area contributed by atoms with Crippen LogP contribution in [0, 0.1) is 37.8 Å². The number of hydrogen-bond acceptors (Lipinski definition) is 11. The molecule has 0 aliphatic carbocycles. The standard InChI is InChI=1S/C25H22N8O4/c1-13-6-5-7-19(15(13)3)27-22-23(29-25-24(28-22)31-37-32-25)30-26-12-18-8-9-21(36-18)17-10-14(2)16(4)20(11-17)33(34)35/h5-12H,1-4H3,(H,27,28,31)(H,29,30,32)/b26-12+. The molecule has 0 aliphatic rings. The topological polar surface area (TPSA) is 157 Å². The van der Waals surface area contributed by atoms with E-state index in [0.29, 0.717) is 34.3 Å². The van der Waals surface area contributed by atoms with Crippen molar-refractivity contribution in [1.82, 2.24) is 20.3 Å². The van der Waals surface area contributed by atoms with Crippen LogP contribution in [0.15, 0.2) is 56.6 Å². The first-order valence-electron chi connectivity index (χ1n) is 11.3. The third kappa shape index (κ3) is 4.72. The Kier molecular flexibility index (Phi) is 6.05. The van der Waals surface area contributed by atoms with E-state index in [2.05, 4.69) is 36.1 Å². The number of anilines is 3. The predicted molar refractivity (Wildman–Crippen MR) is 138 cm³/mol. The molecule has 0 saturated heterocycles. The first-order valence-corrected chi connectivity index (χ1v) is 11.3. The van der Waals surface area contributed by atoms with Crippen LogP contribution in [0.5, 0.6) is 0 Å². The molecule has 3 heterocycles. The third-order valence-electron chi connectivity index (χ3n) is 6.08. The van der Waals surface area contributed by atoms with Gasteiger partial charge >= 0.3 is 0 Å². The van der Waals surface area contributed by atoms with Gasteiger partial charge < -0.3 is 9.73 Å².